The summed E-state index contributed by atoms with van der Waals surface area (Å²) in [6, 6.07) is 10.1. The molecule has 2 heterocycles. The van der Waals surface area contributed by atoms with Crippen molar-refractivity contribution in [1.82, 2.24) is 14.5 Å². The molecule has 1 fully saturated rings. The van der Waals surface area contributed by atoms with Crippen molar-refractivity contribution in [3.05, 3.63) is 52.1 Å². The first-order valence-corrected chi connectivity index (χ1v) is 11.7. The van der Waals surface area contributed by atoms with Gasteiger partial charge >= 0.3 is 6.18 Å². The number of hydrogen-bond acceptors (Lipinski definition) is 5. The summed E-state index contributed by atoms with van der Waals surface area (Å²) in [4.78, 5) is 31.8. The SMILES string of the molecule is CC(C1CC1)N(CC(F)(F)F)C(=O)CSc1nc2sccc2c(=O)n1-c1ccccc1. The topological polar surface area (TPSA) is 55.2 Å². The lowest BCUT2D eigenvalue weighted by atomic mass is 10.2. The lowest BCUT2D eigenvalue weighted by Gasteiger charge is -2.30. The van der Waals surface area contributed by atoms with Crippen molar-refractivity contribution in [2.45, 2.75) is 37.1 Å². The fourth-order valence-corrected chi connectivity index (χ4v) is 5.20. The standard InChI is InChI=1S/C21H20F3N3O2S2/c1-13(14-7-8-14)26(12-21(22,23)24)17(28)11-31-20-25-18-16(9-10-30-18)19(29)27(20)15-5-3-2-4-6-15/h2-6,9-10,13-14H,7-8,11-12H2,1H3. The zero-order valence-electron chi connectivity index (χ0n) is 16.6. The lowest BCUT2D eigenvalue weighted by Crippen LogP contribution is -2.46. The normalized spacial score (nSPS) is 15.2. The Morgan fingerprint density at radius 1 is 1.29 bits per heavy atom. The van der Waals surface area contributed by atoms with E-state index in [1.165, 1.54) is 15.9 Å². The number of nitrogens with zero attached hydrogens (tertiary/aromatic N) is 3. The fourth-order valence-electron chi connectivity index (χ4n) is 3.49. The van der Waals surface area contributed by atoms with Crippen LogP contribution in [0.2, 0.25) is 0 Å². The van der Waals surface area contributed by atoms with Gasteiger partial charge in [0.05, 0.1) is 16.8 Å². The van der Waals surface area contributed by atoms with Gasteiger partial charge in [0.15, 0.2) is 5.16 Å². The summed E-state index contributed by atoms with van der Waals surface area (Å²) in [6.07, 6.45) is -2.80. The van der Waals surface area contributed by atoms with Crippen molar-refractivity contribution in [3.8, 4) is 5.69 Å². The van der Waals surface area contributed by atoms with Crippen LogP contribution in [0.3, 0.4) is 0 Å². The first-order chi connectivity index (χ1) is 14.7. The Bertz CT molecular complexity index is 1140. The average molecular weight is 468 g/mol. The van der Waals surface area contributed by atoms with Gasteiger partial charge in [-0.1, -0.05) is 30.0 Å². The number of amides is 1. The van der Waals surface area contributed by atoms with Crippen LogP contribution < -0.4 is 5.56 Å². The first-order valence-electron chi connectivity index (χ1n) is 9.79. The highest BCUT2D eigenvalue weighted by Gasteiger charge is 2.40. The summed E-state index contributed by atoms with van der Waals surface area (Å²) in [5.74, 6) is -0.732. The van der Waals surface area contributed by atoms with E-state index in [2.05, 4.69) is 4.98 Å². The third kappa shape index (κ3) is 4.95. The number of alkyl halides is 3. The number of carbonyl (C=O) groups excluding carboxylic acids is 1. The minimum Gasteiger partial charge on any atom is -0.330 e. The van der Waals surface area contributed by atoms with Gasteiger partial charge < -0.3 is 4.90 Å². The van der Waals surface area contributed by atoms with Crippen LogP contribution in [-0.2, 0) is 4.79 Å². The van der Waals surface area contributed by atoms with Crippen molar-refractivity contribution in [2.24, 2.45) is 5.92 Å². The number of thioether (sulfide) groups is 1. The predicted molar refractivity (Wildman–Crippen MR) is 116 cm³/mol. The van der Waals surface area contributed by atoms with E-state index < -0.39 is 24.7 Å². The molecule has 164 valence electrons. The number of halogens is 3. The molecule has 2 aromatic heterocycles. The molecule has 0 radical (unpaired) electrons. The van der Waals surface area contributed by atoms with E-state index in [9.17, 15) is 22.8 Å². The van der Waals surface area contributed by atoms with Crippen molar-refractivity contribution in [2.75, 3.05) is 12.3 Å². The number of carbonyl (C=O) groups is 1. The maximum absolute atomic E-state index is 13.1. The zero-order chi connectivity index (χ0) is 22.2. The van der Waals surface area contributed by atoms with E-state index in [0.717, 1.165) is 29.5 Å². The molecule has 1 aromatic carbocycles. The highest BCUT2D eigenvalue weighted by Crippen LogP contribution is 2.36. The quantitative estimate of drug-likeness (QED) is 0.372. The second-order valence-electron chi connectivity index (χ2n) is 7.51. The van der Waals surface area contributed by atoms with Crippen LogP contribution in [-0.4, -0.2) is 44.9 Å². The molecule has 1 saturated carbocycles. The molecule has 0 aliphatic heterocycles. The van der Waals surface area contributed by atoms with Gasteiger partial charge in [-0.3, -0.25) is 14.2 Å². The van der Waals surface area contributed by atoms with Gasteiger partial charge in [0.1, 0.15) is 11.4 Å². The second-order valence-corrected chi connectivity index (χ2v) is 9.35. The molecular formula is C21H20F3N3O2S2. The fraction of sp³-hybridized carbons (Fsp3) is 0.381. The van der Waals surface area contributed by atoms with Crippen LogP contribution in [0.5, 0.6) is 0 Å². The van der Waals surface area contributed by atoms with Gasteiger partial charge in [0.25, 0.3) is 5.56 Å². The van der Waals surface area contributed by atoms with E-state index in [0.29, 0.717) is 15.9 Å². The number of thiophene rings is 1. The van der Waals surface area contributed by atoms with Gasteiger partial charge in [0.2, 0.25) is 5.91 Å². The summed E-state index contributed by atoms with van der Waals surface area (Å²) in [5.41, 5.74) is 0.312. The number of benzene rings is 1. The predicted octanol–water partition coefficient (Wildman–Crippen LogP) is 4.73. The molecule has 1 unspecified atom stereocenters. The first kappa shape index (κ1) is 21.9. The molecular weight excluding hydrogens is 447 g/mol. The van der Waals surface area contributed by atoms with Crippen LogP contribution in [0.4, 0.5) is 13.2 Å². The third-order valence-electron chi connectivity index (χ3n) is 5.27. The molecule has 10 heteroatoms. The van der Waals surface area contributed by atoms with Crippen LogP contribution >= 0.6 is 23.1 Å². The molecule has 4 rings (SSSR count). The van der Waals surface area contributed by atoms with Gasteiger partial charge in [0, 0.05) is 6.04 Å². The zero-order valence-corrected chi connectivity index (χ0v) is 18.3. The van der Waals surface area contributed by atoms with Crippen molar-refractivity contribution < 1.29 is 18.0 Å². The molecule has 1 amide bonds. The molecule has 0 saturated heterocycles. The van der Waals surface area contributed by atoms with Crippen LogP contribution in [0.1, 0.15) is 19.8 Å². The number of fused-ring (bicyclic) bond motifs is 1. The van der Waals surface area contributed by atoms with Crippen LogP contribution in [0.25, 0.3) is 15.9 Å². The lowest BCUT2D eigenvalue weighted by molar-refractivity contribution is -0.164. The van der Waals surface area contributed by atoms with Crippen molar-refractivity contribution >= 4 is 39.2 Å². The largest absolute Gasteiger partial charge is 0.406 e. The summed E-state index contributed by atoms with van der Waals surface area (Å²) in [7, 11) is 0. The minimum atomic E-state index is -4.47. The van der Waals surface area contributed by atoms with E-state index in [1.54, 1.807) is 42.6 Å². The molecule has 3 aromatic rings. The number of hydrogen-bond donors (Lipinski definition) is 0. The molecule has 0 bridgehead atoms. The van der Waals surface area contributed by atoms with Gasteiger partial charge in [-0.25, -0.2) is 4.98 Å². The Labute approximate surface area is 184 Å². The summed E-state index contributed by atoms with van der Waals surface area (Å²) < 4.78 is 40.7. The Kier molecular flexibility index (Phi) is 6.11. The highest BCUT2D eigenvalue weighted by atomic mass is 32.2. The van der Waals surface area contributed by atoms with Crippen molar-refractivity contribution in [3.63, 3.8) is 0 Å². The molecule has 1 aliphatic rings. The smallest absolute Gasteiger partial charge is 0.330 e. The van der Waals surface area contributed by atoms with Crippen LogP contribution in [0, 0.1) is 5.92 Å². The average Bonchev–Trinajstić information content (AvgIpc) is 3.47. The summed E-state index contributed by atoms with van der Waals surface area (Å²) >= 11 is 2.29. The Morgan fingerprint density at radius 3 is 2.65 bits per heavy atom. The maximum atomic E-state index is 13.1. The Morgan fingerprint density at radius 2 is 2.00 bits per heavy atom. The monoisotopic (exact) mass is 467 g/mol. The number of para-hydroxylation sites is 1. The molecule has 1 atom stereocenters. The minimum absolute atomic E-state index is 0.111. The number of aromatic nitrogens is 2. The van der Waals surface area contributed by atoms with E-state index in [4.69, 9.17) is 0 Å². The number of rotatable bonds is 7. The van der Waals surface area contributed by atoms with Gasteiger partial charge in [-0.2, -0.15) is 13.2 Å². The van der Waals surface area contributed by atoms with Crippen molar-refractivity contribution in [1.29, 1.82) is 0 Å². The molecule has 1 aliphatic carbocycles. The Hall–Kier alpha value is -2.33. The van der Waals surface area contributed by atoms with E-state index in [1.807, 2.05) is 6.07 Å². The van der Waals surface area contributed by atoms with E-state index in [-0.39, 0.29) is 22.4 Å². The summed E-state index contributed by atoms with van der Waals surface area (Å²) in [5, 5.41) is 2.51. The third-order valence-corrected chi connectivity index (χ3v) is 7.00. The molecule has 0 spiro atoms. The second kappa shape index (κ2) is 8.66. The molecule has 5 nitrogen and oxygen atoms in total. The highest BCUT2D eigenvalue weighted by molar-refractivity contribution is 7.99. The van der Waals surface area contributed by atoms with Gasteiger partial charge in [-0.05, 0) is 49.3 Å². The van der Waals surface area contributed by atoms with Gasteiger partial charge in [-0.15, -0.1) is 11.3 Å². The molecule has 0 N–H and O–H groups in total. The molecule has 31 heavy (non-hydrogen) atoms. The van der Waals surface area contributed by atoms with E-state index >= 15 is 0 Å². The maximum Gasteiger partial charge on any atom is 0.406 e. The summed E-state index contributed by atoms with van der Waals surface area (Å²) in [6.45, 7) is 0.398. The Balaban J connectivity index is 1.63. The van der Waals surface area contributed by atoms with Crippen LogP contribution in [0.15, 0.2) is 51.7 Å².